The highest BCUT2D eigenvalue weighted by Gasteiger charge is 2.35. The van der Waals surface area contributed by atoms with Gasteiger partial charge in [-0.1, -0.05) is 58.0 Å². The molecule has 1 heterocycles. The highest BCUT2D eigenvalue weighted by atomic mass is 35.5. The van der Waals surface area contributed by atoms with Crippen molar-refractivity contribution in [1.82, 2.24) is 4.98 Å². The molecule has 24 heavy (non-hydrogen) atoms. The Bertz CT molecular complexity index is 825. The molecular formula is C13H3Cl5F3NO2. The fourth-order valence-corrected chi connectivity index (χ4v) is 3.11. The van der Waals surface area contributed by atoms with E-state index in [9.17, 15) is 23.1 Å². The van der Waals surface area contributed by atoms with Crippen LogP contribution in [0.25, 0.3) is 11.3 Å². The highest BCUT2D eigenvalue weighted by molar-refractivity contribution is 6.56. The van der Waals surface area contributed by atoms with E-state index in [0.29, 0.717) is 6.07 Å². The van der Waals surface area contributed by atoms with Crippen molar-refractivity contribution in [2.45, 2.75) is 6.18 Å². The summed E-state index contributed by atoms with van der Waals surface area (Å²) in [6, 6.07) is 1.25. The van der Waals surface area contributed by atoms with E-state index >= 15 is 0 Å². The normalized spacial score (nSPS) is 11.7. The third-order valence-electron chi connectivity index (χ3n) is 2.86. The number of nitrogens with zero attached hydrogens (tertiary/aromatic N) is 1. The molecule has 3 nitrogen and oxygen atoms in total. The molecule has 0 amide bonds. The molecule has 0 aliphatic carbocycles. The molecule has 0 atom stereocenters. The number of hydrogen-bond donors (Lipinski definition) is 1. The van der Waals surface area contributed by atoms with Crippen molar-refractivity contribution in [1.29, 1.82) is 0 Å². The van der Waals surface area contributed by atoms with E-state index in [1.54, 1.807) is 0 Å². The van der Waals surface area contributed by atoms with Crippen molar-refractivity contribution in [2.75, 3.05) is 0 Å². The number of carboxylic acid groups (broad SMARTS) is 1. The Morgan fingerprint density at radius 2 is 1.38 bits per heavy atom. The maximum atomic E-state index is 12.9. The lowest BCUT2D eigenvalue weighted by Gasteiger charge is -2.15. The summed E-state index contributed by atoms with van der Waals surface area (Å²) in [5.74, 6) is -1.54. The van der Waals surface area contributed by atoms with Gasteiger partial charge in [0.1, 0.15) is 5.69 Å². The standard InChI is InChI=1S/C13H3Cl5F3NO2/c14-6-5(7(15)9(17)10(18)8(6)16)11-3(12(23)24)1-2-4(22-11)13(19,20)21/h1-2H,(H,23,24). The minimum Gasteiger partial charge on any atom is -0.478 e. The van der Waals surface area contributed by atoms with Crippen LogP contribution >= 0.6 is 58.0 Å². The molecule has 0 aliphatic rings. The third-order valence-corrected chi connectivity index (χ3v) is 5.14. The average Bonchev–Trinajstić information content (AvgIpc) is 2.50. The van der Waals surface area contributed by atoms with E-state index in [0.717, 1.165) is 6.07 Å². The monoisotopic (exact) mass is 437 g/mol. The zero-order valence-electron chi connectivity index (χ0n) is 11.0. The quantitative estimate of drug-likeness (QED) is 0.417. The first-order chi connectivity index (χ1) is 11.0. The van der Waals surface area contributed by atoms with Gasteiger partial charge in [-0.05, 0) is 12.1 Å². The molecule has 0 unspecified atom stereocenters. The van der Waals surface area contributed by atoms with Crippen molar-refractivity contribution >= 4 is 64.0 Å². The zero-order valence-corrected chi connectivity index (χ0v) is 14.8. The SMILES string of the molecule is O=C(O)c1ccc(C(F)(F)F)nc1-c1c(Cl)c(Cl)c(Cl)c(Cl)c1Cl. The number of carbonyl (C=O) groups is 1. The van der Waals surface area contributed by atoms with E-state index in [-0.39, 0.29) is 30.7 Å². The van der Waals surface area contributed by atoms with E-state index in [1.807, 2.05) is 0 Å². The van der Waals surface area contributed by atoms with Crippen molar-refractivity contribution < 1.29 is 23.1 Å². The van der Waals surface area contributed by atoms with Crippen LogP contribution in [0.4, 0.5) is 13.2 Å². The topological polar surface area (TPSA) is 50.2 Å². The molecule has 0 bridgehead atoms. The summed E-state index contributed by atoms with van der Waals surface area (Å²) in [6.45, 7) is 0. The molecule has 0 saturated heterocycles. The van der Waals surface area contributed by atoms with E-state index in [2.05, 4.69) is 4.98 Å². The van der Waals surface area contributed by atoms with E-state index < -0.39 is 29.1 Å². The van der Waals surface area contributed by atoms with Crippen LogP contribution in [0.2, 0.25) is 25.1 Å². The second-order valence-corrected chi connectivity index (χ2v) is 6.23. The summed E-state index contributed by atoms with van der Waals surface area (Å²) < 4.78 is 38.7. The molecule has 1 aromatic heterocycles. The molecule has 0 fully saturated rings. The van der Waals surface area contributed by atoms with Crippen molar-refractivity contribution in [3.63, 3.8) is 0 Å². The van der Waals surface area contributed by atoms with Gasteiger partial charge in [-0.25, -0.2) is 9.78 Å². The summed E-state index contributed by atoms with van der Waals surface area (Å²) in [7, 11) is 0. The first-order valence-corrected chi connectivity index (χ1v) is 7.69. The number of alkyl halides is 3. The van der Waals surface area contributed by atoms with Gasteiger partial charge in [-0.3, -0.25) is 0 Å². The van der Waals surface area contributed by atoms with Crippen LogP contribution in [-0.4, -0.2) is 16.1 Å². The summed E-state index contributed by atoms with van der Waals surface area (Å²) in [5.41, 5.74) is -2.90. The van der Waals surface area contributed by atoms with Crippen LogP contribution in [0.15, 0.2) is 12.1 Å². The molecule has 0 radical (unpaired) electrons. The van der Waals surface area contributed by atoms with E-state index in [4.69, 9.17) is 58.0 Å². The molecule has 0 spiro atoms. The second-order valence-electron chi connectivity index (χ2n) is 4.34. The lowest BCUT2D eigenvalue weighted by molar-refractivity contribution is -0.141. The van der Waals surface area contributed by atoms with Crippen LogP contribution in [0, 0.1) is 0 Å². The van der Waals surface area contributed by atoms with Gasteiger partial charge >= 0.3 is 12.1 Å². The Morgan fingerprint density at radius 3 is 1.79 bits per heavy atom. The second kappa shape index (κ2) is 6.77. The largest absolute Gasteiger partial charge is 0.478 e. The van der Waals surface area contributed by atoms with Crippen LogP contribution in [0.5, 0.6) is 0 Å². The van der Waals surface area contributed by atoms with Gasteiger partial charge < -0.3 is 5.11 Å². The van der Waals surface area contributed by atoms with Gasteiger partial charge in [0.2, 0.25) is 0 Å². The van der Waals surface area contributed by atoms with Gasteiger partial charge in [-0.2, -0.15) is 13.2 Å². The van der Waals surface area contributed by atoms with Crippen molar-refractivity contribution in [2.24, 2.45) is 0 Å². The maximum Gasteiger partial charge on any atom is 0.433 e. The predicted molar refractivity (Wildman–Crippen MR) is 86.7 cm³/mol. The number of halogens is 8. The Kier molecular flexibility index (Phi) is 5.47. The van der Waals surface area contributed by atoms with Gasteiger partial charge in [-0.15, -0.1) is 0 Å². The summed E-state index contributed by atoms with van der Waals surface area (Å²) in [4.78, 5) is 14.6. The number of rotatable bonds is 2. The van der Waals surface area contributed by atoms with Gasteiger partial charge in [0.25, 0.3) is 0 Å². The Balaban J connectivity index is 2.93. The molecule has 1 aromatic carbocycles. The molecule has 11 heteroatoms. The number of carboxylic acids is 1. The predicted octanol–water partition coefficient (Wildman–Crippen LogP) is 6.73. The smallest absolute Gasteiger partial charge is 0.433 e. The molecular weight excluding hydrogens is 436 g/mol. The lowest BCUT2D eigenvalue weighted by Crippen LogP contribution is -2.11. The molecule has 128 valence electrons. The Hall–Kier alpha value is -0.920. The summed E-state index contributed by atoms with van der Waals surface area (Å²) in [5, 5.41) is 7.65. The fourth-order valence-electron chi connectivity index (χ4n) is 1.79. The number of hydrogen-bond acceptors (Lipinski definition) is 2. The maximum absolute atomic E-state index is 12.9. The van der Waals surface area contributed by atoms with Crippen LogP contribution in [0.1, 0.15) is 16.1 Å². The van der Waals surface area contributed by atoms with Gasteiger partial charge in [0, 0.05) is 5.56 Å². The number of benzene rings is 1. The minimum absolute atomic E-state index is 0.221. The van der Waals surface area contributed by atoms with E-state index in [1.165, 1.54) is 0 Å². The first-order valence-electron chi connectivity index (χ1n) is 5.80. The average molecular weight is 439 g/mol. The fraction of sp³-hybridized carbons (Fsp3) is 0.0769. The molecule has 2 rings (SSSR count). The van der Waals surface area contributed by atoms with Crippen LogP contribution in [0.3, 0.4) is 0 Å². The van der Waals surface area contributed by atoms with Crippen molar-refractivity contribution in [3.05, 3.63) is 48.5 Å². The Labute approximate surface area is 157 Å². The molecule has 1 N–H and O–H groups in total. The van der Waals surface area contributed by atoms with Crippen LogP contribution in [-0.2, 0) is 6.18 Å². The minimum atomic E-state index is -4.81. The van der Waals surface area contributed by atoms with Crippen molar-refractivity contribution in [3.8, 4) is 11.3 Å². The lowest BCUT2D eigenvalue weighted by atomic mass is 10.0. The zero-order chi connectivity index (χ0) is 18.4. The first kappa shape index (κ1) is 19.4. The van der Waals surface area contributed by atoms with Gasteiger partial charge in [0.05, 0.1) is 36.4 Å². The summed E-state index contributed by atoms with van der Waals surface area (Å²) in [6.07, 6.45) is -4.81. The molecule has 0 saturated carbocycles. The third kappa shape index (κ3) is 3.39. The number of pyridine rings is 1. The summed E-state index contributed by atoms with van der Waals surface area (Å²) >= 11 is 29.5. The number of aromatic carboxylic acids is 1. The van der Waals surface area contributed by atoms with Crippen LogP contribution < -0.4 is 0 Å². The Morgan fingerprint density at radius 1 is 0.917 bits per heavy atom. The van der Waals surface area contributed by atoms with Gasteiger partial charge in [0.15, 0.2) is 0 Å². The molecule has 0 aliphatic heterocycles. The molecule has 2 aromatic rings. The highest BCUT2D eigenvalue weighted by Crippen LogP contribution is 2.48. The number of aromatic nitrogens is 1.